The molecule has 2 aromatic carbocycles. The SMILES string of the molecule is CCC(=O)n1c(C=Nc2ccc(OC)cc2)c(O)c2ccccc21. The van der Waals surface area contributed by atoms with E-state index >= 15 is 0 Å². The summed E-state index contributed by atoms with van der Waals surface area (Å²) in [6.07, 6.45) is 1.85. The van der Waals surface area contributed by atoms with E-state index in [0.717, 1.165) is 5.75 Å². The van der Waals surface area contributed by atoms with E-state index in [4.69, 9.17) is 4.74 Å². The number of rotatable bonds is 4. The summed E-state index contributed by atoms with van der Waals surface area (Å²) in [5.74, 6) is 0.708. The third-order valence-corrected chi connectivity index (χ3v) is 3.84. The van der Waals surface area contributed by atoms with E-state index in [0.29, 0.717) is 28.7 Å². The minimum Gasteiger partial charge on any atom is -0.505 e. The topological polar surface area (TPSA) is 63.8 Å². The summed E-state index contributed by atoms with van der Waals surface area (Å²) in [6, 6.07) is 14.5. The van der Waals surface area contributed by atoms with Gasteiger partial charge in [-0.1, -0.05) is 19.1 Å². The largest absolute Gasteiger partial charge is 0.505 e. The Labute approximate surface area is 139 Å². The van der Waals surface area contributed by atoms with Crippen LogP contribution in [0.5, 0.6) is 11.5 Å². The van der Waals surface area contributed by atoms with Crippen LogP contribution in [0.3, 0.4) is 0 Å². The number of ether oxygens (including phenoxy) is 1. The Balaban J connectivity index is 2.09. The number of nitrogens with zero attached hydrogens (tertiary/aromatic N) is 2. The molecule has 1 heterocycles. The van der Waals surface area contributed by atoms with Gasteiger partial charge in [0, 0.05) is 11.8 Å². The zero-order valence-electron chi connectivity index (χ0n) is 13.6. The molecule has 0 aliphatic carbocycles. The maximum atomic E-state index is 12.3. The van der Waals surface area contributed by atoms with Gasteiger partial charge in [0.25, 0.3) is 0 Å². The fourth-order valence-electron chi connectivity index (χ4n) is 2.59. The van der Waals surface area contributed by atoms with Crippen LogP contribution in [-0.2, 0) is 0 Å². The number of para-hydroxylation sites is 1. The highest BCUT2D eigenvalue weighted by Gasteiger charge is 2.18. The number of aromatic nitrogens is 1. The highest BCUT2D eigenvalue weighted by Crippen LogP contribution is 2.31. The van der Waals surface area contributed by atoms with Gasteiger partial charge in [-0.05, 0) is 36.4 Å². The van der Waals surface area contributed by atoms with Crippen LogP contribution in [0.1, 0.15) is 23.8 Å². The van der Waals surface area contributed by atoms with Crippen molar-refractivity contribution in [3.8, 4) is 11.5 Å². The molecule has 0 saturated carbocycles. The van der Waals surface area contributed by atoms with Crippen molar-refractivity contribution in [2.45, 2.75) is 13.3 Å². The lowest BCUT2D eigenvalue weighted by Gasteiger charge is -2.04. The normalized spacial score (nSPS) is 11.2. The van der Waals surface area contributed by atoms with Crippen LogP contribution in [0.4, 0.5) is 5.69 Å². The monoisotopic (exact) mass is 322 g/mol. The second-order valence-electron chi connectivity index (χ2n) is 5.29. The number of aromatic hydroxyl groups is 1. The Hall–Kier alpha value is -3.08. The van der Waals surface area contributed by atoms with Crippen molar-refractivity contribution in [3.63, 3.8) is 0 Å². The molecule has 3 rings (SSSR count). The van der Waals surface area contributed by atoms with E-state index in [1.165, 1.54) is 10.8 Å². The summed E-state index contributed by atoms with van der Waals surface area (Å²) in [5.41, 5.74) is 1.77. The molecule has 5 nitrogen and oxygen atoms in total. The molecular formula is C19H18N2O3. The standard InChI is InChI=1S/C19H18N2O3/c1-3-18(22)21-16-7-5-4-6-15(16)19(23)17(21)12-20-13-8-10-14(24-2)11-9-13/h4-12,23H,3H2,1-2H3. The van der Waals surface area contributed by atoms with Gasteiger partial charge in [0.1, 0.15) is 11.4 Å². The maximum Gasteiger partial charge on any atom is 0.231 e. The molecule has 0 aliphatic rings. The van der Waals surface area contributed by atoms with Crippen LogP contribution in [0, 0.1) is 0 Å². The van der Waals surface area contributed by atoms with E-state index in [9.17, 15) is 9.90 Å². The number of carbonyl (C=O) groups excluding carboxylic acids is 1. The summed E-state index contributed by atoms with van der Waals surface area (Å²) in [6.45, 7) is 1.79. The Kier molecular flexibility index (Phi) is 4.33. The van der Waals surface area contributed by atoms with Crippen LogP contribution < -0.4 is 4.74 Å². The Morgan fingerprint density at radius 2 is 1.92 bits per heavy atom. The third kappa shape index (κ3) is 2.76. The molecule has 0 radical (unpaired) electrons. The molecule has 0 aliphatic heterocycles. The van der Waals surface area contributed by atoms with Crippen molar-refractivity contribution in [2.75, 3.05) is 7.11 Å². The van der Waals surface area contributed by atoms with Gasteiger partial charge in [-0.25, -0.2) is 0 Å². The van der Waals surface area contributed by atoms with Crippen molar-refractivity contribution in [3.05, 3.63) is 54.2 Å². The number of methoxy groups -OCH3 is 1. The average Bonchev–Trinajstić information content (AvgIpc) is 2.92. The number of hydrogen-bond donors (Lipinski definition) is 1. The van der Waals surface area contributed by atoms with Crippen LogP contribution in [0.15, 0.2) is 53.5 Å². The van der Waals surface area contributed by atoms with Gasteiger partial charge < -0.3 is 9.84 Å². The van der Waals surface area contributed by atoms with Crippen LogP contribution in [0.25, 0.3) is 10.9 Å². The zero-order valence-corrected chi connectivity index (χ0v) is 13.6. The predicted octanol–water partition coefficient (Wildman–Crippen LogP) is 4.16. The first-order valence-electron chi connectivity index (χ1n) is 7.69. The third-order valence-electron chi connectivity index (χ3n) is 3.84. The lowest BCUT2D eigenvalue weighted by molar-refractivity contribution is 0.0913. The summed E-state index contributed by atoms with van der Waals surface area (Å²) in [7, 11) is 1.60. The van der Waals surface area contributed by atoms with Gasteiger partial charge in [-0.15, -0.1) is 0 Å². The first-order valence-corrected chi connectivity index (χ1v) is 7.69. The first-order chi connectivity index (χ1) is 11.7. The number of hydrogen-bond acceptors (Lipinski definition) is 4. The molecule has 5 heteroatoms. The molecule has 1 N–H and O–H groups in total. The van der Waals surface area contributed by atoms with E-state index in [-0.39, 0.29) is 11.7 Å². The maximum absolute atomic E-state index is 12.3. The summed E-state index contributed by atoms with van der Waals surface area (Å²) >= 11 is 0. The molecule has 0 fully saturated rings. The van der Waals surface area contributed by atoms with Gasteiger partial charge in [0.05, 0.1) is 24.5 Å². The summed E-state index contributed by atoms with van der Waals surface area (Å²) in [4.78, 5) is 16.7. The molecule has 1 aromatic heterocycles. The van der Waals surface area contributed by atoms with E-state index in [1.807, 2.05) is 18.2 Å². The molecule has 0 unspecified atom stereocenters. The van der Waals surface area contributed by atoms with Crippen molar-refractivity contribution in [1.29, 1.82) is 0 Å². The number of carbonyl (C=O) groups is 1. The van der Waals surface area contributed by atoms with Gasteiger partial charge in [0.2, 0.25) is 5.91 Å². The van der Waals surface area contributed by atoms with Gasteiger partial charge in [0.15, 0.2) is 5.75 Å². The van der Waals surface area contributed by atoms with E-state index < -0.39 is 0 Å². The molecular weight excluding hydrogens is 304 g/mol. The predicted molar refractivity (Wildman–Crippen MR) is 94.8 cm³/mol. The quantitative estimate of drug-likeness (QED) is 0.734. The summed E-state index contributed by atoms with van der Waals surface area (Å²) in [5, 5.41) is 11.1. The lowest BCUT2D eigenvalue weighted by Crippen LogP contribution is -2.11. The highest BCUT2D eigenvalue weighted by molar-refractivity contribution is 6.04. The molecule has 0 bridgehead atoms. The second-order valence-corrected chi connectivity index (χ2v) is 5.29. The van der Waals surface area contributed by atoms with Crippen molar-refractivity contribution in [1.82, 2.24) is 4.57 Å². The van der Waals surface area contributed by atoms with Crippen molar-refractivity contribution < 1.29 is 14.6 Å². The molecule has 0 saturated heterocycles. The molecule has 24 heavy (non-hydrogen) atoms. The second kappa shape index (κ2) is 6.58. The fraction of sp³-hybridized carbons (Fsp3) is 0.158. The van der Waals surface area contributed by atoms with E-state index in [1.54, 1.807) is 44.4 Å². The van der Waals surface area contributed by atoms with Crippen molar-refractivity contribution in [2.24, 2.45) is 4.99 Å². The fourth-order valence-corrected chi connectivity index (χ4v) is 2.59. The van der Waals surface area contributed by atoms with Crippen LogP contribution >= 0.6 is 0 Å². The Morgan fingerprint density at radius 3 is 2.58 bits per heavy atom. The number of benzene rings is 2. The molecule has 0 spiro atoms. The minimum absolute atomic E-state index is 0.0599. The molecule has 122 valence electrons. The molecule has 0 amide bonds. The van der Waals surface area contributed by atoms with Gasteiger partial charge in [-0.2, -0.15) is 0 Å². The minimum atomic E-state index is -0.0947. The molecule has 3 aromatic rings. The Morgan fingerprint density at radius 1 is 1.21 bits per heavy atom. The first kappa shape index (κ1) is 15.8. The lowest BCUT2D eigenvalue weighted by atomic mass is 10.2. The smallest absolute Gasteiger partial charge is 0.231 e. The van der Waals surface area contributed by atoms with Crippen molar-refractivity contribution >= 4 is 28.7 Å². The Bertz CT molecular complexity index is 908. The van der Waals surface area contributed by atoms with E-state index in [2.05, 4.69) is 4.99 Å². The van der Waals surface area contributed by atoms with Gasteiger partial charge >= 0.3 is 0 Å². The molecule has 0 atom stereocenters. The summed E-state index contributed by atoms with van der Waals surface area (Å²) < 4.78 is 6.63. The van der Waals surface area contributed by atoms with Crippen LogP contribution in [0.2, 0.25) is 0 Å². The average molecular weight is 322 g/mol. The van der Waals surface area contributed by atoms with Gasteiger partial charge in [-0.3, -0.25) is 14.4 Å². The zero-order chi connectivity index (χ0) is 17.1. The number of aliphatic imine (C=N–C) groups is 1. The highest BCUT2D eigenvalue weighted by atomic mass is 16.5. The van der Waals surface area contributed by atoms with Crippen LogP contribution in [-0.4, -0.2) is 28.9 Å². The number of fused-ring (bicyclic) bond motifs is 1.